The number of para-hydroxylation sites is 1. The molecule has 19 heavy (non-hydrogen) atoms. The Kier molecular flexibility index (Phi) is 4.36. The Bertz CT molecular complexity index is 541. The van der Waals surface area contributed by atoms with Crippen LogP contribution in [0.1, 0.15) is 24.2 Å². The third-order valence-corrected chi connectivity index (χ3v) is 2.78. The Morgan fingerprint density at radius 3 is 2.68 bits per heavy atom. The molecule has 0 aliphatic carbocycles. The summed E-state index contributed by atoms with van der Waals surface area (Å²) in [4.78, 5) is 4.30. The van der Waals surface area contributed by atoms with Crippen LogP contribution in [0.5, 0.6) is 11.6 Å². The molecule has 4 nitrogen and oxygen atoms in total. The number of nitrogens with zero attached hydrogens (tertiary/aromatic N) is 1. The number of benzene rings is 1. The SMILES string of the molecule is COc1cccc(COc2ccccc2[C@H](C)N)n1. The van der Waals surface area contributed by atoms with Crippen LogP contribution in [-0.2, 0) is 6.61 Å². The number of pyridine rings is 1. The van der Waals surface area contributed by atoms with Gasteiger partial charge in [0.2, 0.25) is 5.88 Å². The van der Waals surface area contributed by atoms with Gasteiger partial charge in [0.25, 0.3) is 0 Å². The summed E-state index contributed by atoms with van der Waals surface area (Å²) in [7, 11) is 1.60. The van der Waals surface area contributed by atoms with Gasteiger partial charge < -0.3 is 15.2 Å². The van der Waals surface area contributed by atoms with Gasteiger partial charge in [-0.2, -0.15) is 0 Å². The summed E-state index contributed by atoms with van der Waals surface area (Å²) in [6.07, 6.45) is 0. The van der Waals surface area contributed by atoms with Crippen LogP contribution in [0, 0.1) is 0 Å². The van der Waals surface area contributed by atoms with Crippen LogP contribution < -0.4 is 15.2 Å². The highest BCUT2D eigenvalue weighted by molar-refractivity contribution is 5.35. The highest BCUT2D eigenvalue weighted by atomic mass is 16.5. The summed E-state index contributed by atoms with van der Waals surface area (Å²) in [6, 6.07) is 13.3. The lowest BCUT2D eigenvalue weighted by atomic mass is 10.1. The molecule has 100 valence electrons. The van der Waals surface area contributed by atoms with Gasteiger partial charge in [-0.3, -0.25) is 0 Å². The summed E-state index contributed by atoms with van der Waals surface area (Å²) in [6.45, 7) is 2.33. The first-order valence-corrected chi connectivity index (χ1v) is 6.18. The highest BCUT2D eigenvalue weighted by Gasteiger charge is 2.07. The van der Waals surface area contributed by atoms with Crippen LogP contribution in [0.25, 0.3) is 0 Å². The number of methoxy groups -OCH3 is 1. The molecule has 2 rings (SSSR count). The second kappa shape index (κ2) is 6.20. The van der Waals surface area contributed by atoms with Crippen molar-refractivity contribution >= 4 is 0 Å². The van der Waals surface area contributed by atoms with E-state index in [9.17, 15) is 0 Å². The Balaban J connectivity index is 2.10. The maximum atomic E-state index is 5.91. The Hall–Kier alpha value is -2.07. The van der Waals surface area contributed by atoms with Crippen molar-refractivity contribution < 1.29 is 9.47 Å². The number of nitrogens with two attached hydrogens (primary N) is 1. The minimum Gasteiger partial charge on any atom is -0.487 e. The Morgan fingerprint density at radius 1 is 1.16 bits per heavy atom. The first kappa shape index (κ1) is 13.4. The summed E-state index contributed by atoms with van der Waals surface area (Å²) in [5.74, 6) is 1.38. The van der Waals surface area contributed by atoms with E-state index in [1.807, 2.05) is 43.3 Å². The predicted molar refractivity (Wildman–Crippen MR) is 74.2 cm³/mol. The van der Waals surface area contributed by atoms with Crippen molar-refractivity contribution in [2.75, 3.05) is 7.11 Å². The highest BCUT2D eigenvalue weighted by Crippen LogP contribution is 2.24. The molecule has 1 aromatic heterocycles. The fourth-order valence-electron chi connectivity index (χ4n) is 1.79. The minimum atomic E-state index is -0.0607. The van der Waals surface area contributed by atoms with E-state index in [1.54, 1.807) is 13.2 Å². The summed E-state index contributed by atoms with van der Waals surface area (Å²) in [5.41, 5.74) is 7.72. The second-order valence-electron chi connectivity index (χ2n) is 4.29. The van der Waals surface area contributed by atoms with Crippen LogP contribution in [0.2, 0.25) is 0 Å². The monoisotopic (exact) mass is 258 g/mol. The van der Waals surface area contributed by atoms with Gasteiger partial charge in [0.15, 0.2) is 0 Å². The minimum absolute atomic E-state index is 0.0607. The van der Waals surface area contributed by atoms with Crippen molar-refractivity contribution in [1.82, 2.24) is 4.98 Å². The smallest absolute Gasteiger partial charge is 0.213 e. The van der Waals surface area contributed by atoms with E-state index in [-0.39, 0.29) is 6.04 Å². The molecule has 0 spiro atoms. The first-order chi connectivity index (χ1) is 9.20. The van der Waals surface area contributed by atoms with E-state index in [0.29, 0.717) is 12.5 Å². The first-order valence-electron chi connectivity index (χ1n) is 6.18. The summed E-state index contributed by atoms with van der Waals surface area (Å²) >= 11 is 0. The van der Waals surface area contributed by atoms with Crippen molar-refractivity contribution in [3.63, 3.8) is 0 Å². The number of ether oxygens (including phenoxy) is 2. The van der Waals surface area contributed by atoms with E-state index in [0.717, 1.165) is 17.0 Å². The molecule has 2 N–H and O–H groups in total. The van der Waals surface area contributed by atoms with E-state index in [1.165, 1.54) is 0 Å². The van der Waals surface area contributed by atoms with Gasteiger partial charge >= 0.3 is 0 Å². The average molecular weight is 258 g/mol. The largest absolute Gasteiger partial charge is 0.487 e. The normalized spacial score (nSPS) is 11.9. The maximum absolute atomic E-state index is 5.91. The van der Waals surface area contributed by atoms with Crippen molar-refractivity contribution in [3.8, 4) is 11.6 Å². The fourth-order valence-corrected chi connectivity index (χ4v) is 1.79. The van der Waals surface area contributed by atoms with Crippen molar-refractivity contribution in [3.05, 3.63) is 53.7 Å². The molecule has 4 heteroatoms. The number of hydrogen-bond donors (Lipinski definition) is 1. The van der Waals surface area contributed by atoms with Crippen LogP contribution in [0.4, 0.5) is 0 Å². The molecule has 0 fully saturated rings. The maximum Gasteiger partial charge on any atom is 0.213 e. The summed E-state index contributed by atoms with van der Waals surface area (Å²) < 4.78 is 10.9. The standard InChI is InChI=1S/C15H18N2O2/c1-11(16)13-7-3-4-8-14(13)19-10-12-6-5-9-15(17-12)18-2/h3-9,11H,10,16H2,1-2H3/t11-/m0/s1. The molecule has 0 radical (unpaired) electrons. The molecule has 0 bridgehead atoms. The van der Waals surface area contributed by atoms with E-state index in [4.69, 9.17) is 15.2 Å². The molecule has 1 atom stereocenters. The van der Waals surface area contributed by atoms with Gasteiger partial charge in [-0.05, 0) is 19.1 Å². The second-order valence-corrected chi connectivity index (χ2v) is 4.29. The van der Waals surface area contributed by atoms with Crippen LogP contribution in [-0.4, -0.2) is 12.1 Å². The van der Waals surface area contributed by atoms with Gasteiger partial charge in [-0.15, -0.1) is 0 Å². The van der Waals surface area contributed by atoms with Crippen molar-refractivity contribution in [2.24, 2.45) is 5.73 Å². The lowest BCUT2D eigenvalue weighted by molar-refractivity contribution is 0.293. The molecule has 0 unspecified atom stereocenters. The van der Waals surface area contributed by atoms with Crippen molar-refractivity contribution in [2.45, 2.75) is 19.6 Å². The molecular weight excluding hydrogens is 240 g/mol. The molecule has 1 aromatic carbocycles. The Morgan fingerprint density at radius 2 is 1.95 bits per heavy atom. The van der Waals surface area contributed by atoms with E-state index >= 15 is 0 Å². The molecule has 2 aromatic rings. The lowest BCUT2D eigenvalue weighted by Crippen LogP contribution is -2.08. The number of hydrogen-bond acceptors (Lipinski definition) is 4. The predicted octanol–water partition coefficient (Wildman–Crippen LogP) is 2.69. The zero-order valence-electron chi connectivity index (χ0n) is 11.2. The Labute approximate surface area is 113 Å². The van der Waals surface area contributed by atoms with Gasteiger partial charge in [0.1, 0.15) is 12.4 Å². The zero-order valence-corrected chi connectivity index (χ0v) is 11.2. The molecule has 0 amide bonds. The average Bonchev–Trinajstić information content (AvgIpc) is 2.45. The molecule has 0 saturated heterocycles. The number of aromatic nitrogens is 1. The molecule has 0 saturated carbocycles. The topological polar surface area (TPSA) is 57.4 Å². The zero-order chi connectivity index (χ0) is 13.7. The van der Waals surface area contributed by atoms with Crippen LogP contribution in [0.3, 0.4) is 0 Å². The summed E-state index contributed by atoms with van der Waals surface area (Å²) in [5, 5.41) is 0. The molecule has 0 aliphatic heterocycles. The van der Waals surface area contributed by atoms with Crippen LogP contribution >= 0.6 is 0 Å². The molecule has 0 aliphatic rings. The van der Waals surface area contributed by atoms with Gasteiger partial charge in [-0.1, -0.05) is 24.3 Å². The third-order valence-electron chi connectivity index (χ3n) is 2.78. The van der Waals surface area contributed by atoms with Crippen molar-refractivity contribution in [1.29, 1.82) is 0 Å². The van der Waals surface area contributed by atoms with E-state index < -0.39 is 0 Å². The lowest BCUT2D eigenvalue weighted by Gasteiger charge is -2.13. The third kappa shape index (κ3) is 3.45. The van der Waals surface area contributed by atoms with Gasteiger partial charge in [0.05, 0.1) is 12.8 Å². The quantitative estimate of drug-likeness (QED) is 0.895. The van der Waals surface area contributed by atoms with Crippen LogP contribution in [0.15, 0.2) is 42.5 Å². The fraction of sp³-hybridized carbons (Fsp3) is 0.267. The van der Waals surface area contributed by atoms with Gasteiger partial charge in [-0.25, -0.2) is 4.98 Å². The molecule has 1 heterocycles. The van der Waals surface area contributed by atoms with E-state index in [2.05, 4.69) is 4.98 Å². The van der Waals surface area contributed by atoms with Gasteiger partial charge in [0, 0.05) is 17.7 Å². The molecular formula is C15H18N2O2. The number of rotatable bonds is 5.